The maximum absolute atomic E-state index is 5.07. The van der Waals surface area contributed by atoms with Crippen LogP contribution in [0.2, 0.25) is 0 Å². The van der Waals surface area contributed by atoms with Gasteiger partial charge in [0.15, 0.2) is 11.8 Å². The lowest BCUT2D eigenvalue weighted by atomic mass is 10.2. The number of nitrogens with one attached hydrogen (secondary N) is 2. The van der Waals surface area contributed by atoms with Crippen LogP contribution in [-0.4, -0.2) is 42.8 Å². The minimum Gasteiger partial charge on any atom is -0.372 e. The largest absolute Gasteiger partial charge is 0.372 e. The Morgan fingerprint density at radius 1 is 1.25 bits per heavy atom. The molecule has 24 heavy (non-hydrogen) atoms. The van der Waals surface area contributed by atoms with Crippen LogP contribution < -0.4 is 15.5 Å². The predicted molar refractivity (Wildman–Crippen MR) is 96.2 cm³/mol. The third kappa shape index (κ3) is 5.57. The van der Waals surface area contributed by atoms with E-state index >= 15 is 0 Å². The molecular weight excluding hydrogens is 304 g/mol. The number of nitrogens with zero attached hydrogens (tertiary/aromatic N) is 4. The van der Waals surface area contributed by atoms with Crippen LogP contribution in [0.1, 0.15) is 25.1 Å². The molecule has 0 atom stereocenters. The van der Waals surface area contributed by atoms with Gasteiger partial charge in [0.25, 0.3) is 0 Å². The Balaban J connectivity index is 1.69. The number of aliphatic imine (C=N–C) groups is 1. The van der Waals surface area contributed by atoms with Crippen LogP contribution in [0.4, 0.5) is 5.69 Å². The summed E-state index contributed by atoms with van der Waals surface area (Å²) in [4.78, 5) is 10.7. The summed E-state index contributed by atoms with van der Waals surface area (Å²) in [7, 11) is 1.75. The summed E-state index contributed by atoms with van der Waals surface area (Å²) < 4.78 is 5.07. The van der Waals surface area contributed by atoms with E-state index in [9.17, 15) is 0 Å². The molecule has 2 rings (SSSR count). The van der Waals surface area contributed by atoms with Gasteiger partial charge in [-0.2, -0.15) is 4.98 Å². The minimum atomic E-state index is 0.464. The Kier molecular flexibility index (Phi) is 7.07. The number of para-hydroxylation sites is 1. The van der Waals surface area contributed by atoms with E-state index in [2.05, 4.69) is 61.9 Å². The van der Waals surface area contributed by atoms with Gasteiger partial charge < -0.3 is 20.1 Å². The van der Waals surface area contributed by atoms with Crippen molar-refractivity contribution in [3.05, 3.63) is 42.0 Å². The van der Waals surface area contributed by atoms with Crippen molar-refractivity contribution in [2.75, 3.05) is 31.6 Å². The van der Waals surface area contributed by atoms with Gasteiger partial charge in [0.1, 0.15) is 0 Å². The van der Waals surface area contributed by atoms with E-state index in [0.717, 1.165) is 32.0 Å². The highest BCUT2D eigenvalue weighted by atomic mass is 16.5. The van der Waals surface area contributed by atoms with Crippen molar-refractivity contribution in [1.82, 2.24) is 20.8 Å². The molecule has 0 saturated heterocycles. The second-order valence-corrected chi connectivity index (χ2v) is 5.36. The van der Waals surface area contributed by atoms with Gasteiger partial charge >= 0.3 is 0 Å². The highest BCUT2D eigenvalue weighted by molar-refractivity contribution is 5.79. The zero-order valence-electron chi connectivity index (χ0n) is 14.6. The number of hydrogen-bond donors (Lipinski definition) is 2. The van der Waals surface area contributed by atoms with E-state index in [0.29, 0.717) is 18.3 Å². The van der Waals surface area contributed by atoms with Gasteiger partial charge in [-0.3, -0.25) is 4.99 Å². The quantitative estimate of drug-likeness (QED) is 0.438. The second kappa shape index (κ2) is 9.54. The van der Waals surface area contributed by atoms with Crippen LogP contribution in [-0.2, 0) is 6.54 Å². The standard InChI is InChI=1S/C17H26N6O/c1-4-23(15-9-6-5-7-10-15)12-8-11-19-17(18-3)20-13-16-21-14(2)22-24-16/h5-7,9-10H,4,8,11-13H2,1-3H3,(H2,18,19,20). The van der Waals surface area contributed by atoms with Gasteiger partial charge in [-0.25, -0.2) is 0 Å². The van der Waals surface area contributed by atoms with Crippen molar-refractivity contribution in [3.8, 4) is 0 Å². The van der Waals surface area contributed by atoms with Crippen LogP contribution >= 0.6 is 0 Å². The monoisotopic (exact) mass is 330 g/mol. The minimum absolute atomic E-state index is 0.464. The van der Waals surface area contributed by atoms with E-state index in [1.54, 1.807) is 14.0 Å². The second-order valence-electron chi connectivity index (χ2n) is 5.36. The lowest BCUT2D eigenvalue weighted by molar-refractivity contribution is 0.371. The molecule has 7 nitrogen and oxygen atoms in total. The van der Waals surface area contributed by atoms with E-state index < -0.39 is 0 Å². The number of hydrogen-bond acceptors (Lipinski definition) is 5. The Labute approximate surface area is 143 Å². The Bertz CT molecular complexity index is 625. The molecule has 7 heteroatoms. The molecule has 0 aliphatic heterocycles. The predicted octanol–water partition coefficient (Wildman–Crippen LogP) is 1.96. The molecule has 0 aliphatic carbocycles. The summed E-state index contributed by atoms with van der Waals surface area (Å²) in [6.45, 7) is 7.26. The lowest BCUT2D eigenvalue weighted by Crippen LogP contribution is -2.38. The molecule has 0 spiro atoms. The average molecular weight is 330 g/mol. The summed E-state index contributed by atoms with van der Waals surface area (Å²) >= 11 is 0. The van der Waals surface area contributed by atoms with E-state index in [1.165, 1.54) is 5.69 Å². The van der Waals surface area contributed by atoms with Crippen molar-refractivity contribution < 1.29 is 4.52 Å². The maximum atomic E-state index is 5.07. The fourth-order valence-corrected chi connectivity index (χ4v) is 2.38. The number of aromatic nitrogens is 2. The van der Waals surface area contributed by atoms with Gasteiger partial charge in [0.05, 0.1) is 6.54 Å². The first kappa shape index (κ1) is 17.8. The van der Waals surface area contributed by atoms with Gasteiger partial charge in [0.2, 0.25) is 5.89 Å². The molecule has 2 aromatic rings. The molecule has 1 heterocycles. The Morgan fingerprint density at radius 3 is 2.67 bits per heavy atom. The maximum Gasteiger partial charge on any atom is 0.246 e. The summed E-state index contributed by atoms with van der Waals surface area (Å²) in [5.41, 5.74) is 1.26. The topological polar surface area (TPSA) is 78.6 Å². The molecular formula is C17H26N6O. The number of rotatable bonds is 8. The van der Waals surface area contributed by atoms with Crippen LogP contribution in [0.3, 0.4) is 0 Å². The highest BCUT2D eigenvalue weighted by Gasteiger charge is 2.05. The van der Waals surface area contributed by atoms with Crippen molar-refractivity contribution in [2.24, 2.45) is 4.99 Å². The third-order valence-corrected chi connectivity index (χ3v) is 3.60. The first-order valence-electron chi connectivity index (χ1n) is 8.26. The molecule has 0 fully saturated rings. The SMILES string of the molecule is CCN(CCCNC(=NC)NCc1nc(C)no1)c1ccccc1. The molecule has 0 aliphatic rings. The van der Waals surface area contributed by atoms with Crippen LogP contribution in [0.25, 0.3) is 0 Å². The Morgan fingerprint density at radius 2 is 2.04 bits per heavy atom. The van der Waals surface area contributed by atoms with E-state index in [4.69, 9.17) is 4.52 Å². The molecule has 0 saturated carbocycles. The smallest absolute Gasteiger partial charge is 0.246 e. The molecule has 1 aromatic carbocycles. The number of aryl methyl sites for hydroxylation is 1. The fraction of sp³-hybridized carbons (Fsp3) is 0.471. The van der Waals surface area contributed by atoms with Crippen LogP contribution in [0.5, 0.6) is 0 Å². The first-order valence-corrected chi connectivity index (χ1v) is 8.26. The first-order chi connectivity index (χ1) is 11.7. The zero-order chi connectivity index (χ0) is 17.2. The van der Waals surface area contributed by atoms with E-state index in [-0.39, 0.29) is 0 Å². The van der Waals surface area contributed by atoms with Crippen molar-refractivity contribution >= 4 is 11.6 Å². The molecule has 1 aromatic heterocycles. The normalized spacial score (nSPS) is 11.4. The van der Waals surface area contributed by atoms with E-state index in [1.807, 2.05) is 6.07 Å². The molecule has 0 bridgehead atoms. The lowest BCUT2D eigenvalue weighted by Gasteiger charge is -2.23. The van der Waals surface area contributed by atoms with Crippen molar-refractivity contribution in [1.29, 1.82) is 0 Å². The van der Waals surface area contributed by atoms with Gasteiger partial charge in [0, 0.05) is 32.4 Å². The highest BCUT2D eigenvalue weighted by Crippen LogP contribution is 2.12. The molecule has 0 radical (unpaired) electrons. The average Bonchev–Trinajstić information content (AvgIpc) is 3.03. The Hall–Kier alpha value is -2.57. The van der Waals surface area contributed by atoms with Crippen molar-refractivity contribution in [3.63, 3.8) is 0 Å². The molecule has 0 unspecified atom stereocenters. The molecule has 130 valence electrons. The third-order valence-electron chi connectivity index (χ3n) is 3.60. The number of guanidine groups is 1. The van der Waals surface area contributed by atoms with Gasteiger partial charge in [-0.15, -0.1) is 0 Å². The summed E-state index contributed by atoms with van der Waals surface area (Å²) in [5, 5.41) is 10.2. The van der Waals surface area contributed by atoms with Gasteiger partial charge in [-0.1, -0.05) is 23.4 Å². The van der Waals surface area contributed by atoms with Crippen molar-refractivity contribution in [2.45, 2.75) is 26.8 Å². The number of anilines is 1. The summed E-state index contributed by atoms with van der Waals surface area (Å²) in [6, 6.07) is 10.5. The zero-order valence-corrected chi connectivity index (χ0v) is 14.6. The molecule has 0 amide bonds. The molecule has 2 N–H and O–H groups in total. The number of benzene rings is 1. The van der Waals surface area contributed by atoms with Gasteiger partial charge in [-0.05, 0) is 32.4 Å². The summed E-state index contributed by atoms with van der Waals surface area (Å²) in [5.74, 6) is 1.92. The summed E-state index contributed by atoms with van der Waals surface area (Å²) in [6.07, 6.45) is 1.02. The fourth-order valence-electron chi connectivity index (χ4n) is 2.38. The van der Waals surface area contributed by atoms with Crippen LogP contribution in [0.15, 0.2) is 39.8 Å². The van der Waals surface area contributed by atoms with Crippen LogP contribution in [0, 0.1) is 6.92 Å².